The molecule has 1 atom stereocenters. The Morgan fingerprint density at radius 2 is 2.00 bits per heavy atom. The molecule has 0 aliphatic heterocycles. The number of hydrogen-bond donors (Lipinski definition) is 1. The number of benzene rings is 2. The molecule has 4 rings (SSSR count). The summed E-state index contributed by atoms with van der Waals surface area (Å²) in [5.74, 6) is 0.162. The Morgan fingerprint density at radius 3 is 2.76 bits per heavy atom. The number of thiazole rings is 1. The highest BCUT2D eigenvalue weighted by Gasteiger charge is 2.19. The van der Waals surface area contributed by atoms with Gasteiger partial charge < -0.3 is 14.6 Å². The van der Waals surface area contributed by atoms with E-state index in [0.29, 0.717) is 12.3 Å². The van der Waals surface area contributed by atoms with Gasteiger partial charge in [0.05, 0.1) is 16.3 Å². The predicted octanol–water partition coefficient (Wildman–Crippen LogP) is 4.73. The first kappa shape index (κ1) is 19.3. The Labute approximate surface area is 171 Å². The Kier molecular flexibility index (Phi) is 5.42. The quantitative estimate of drug-likeness (QED) is 0.500. The SMILES string of the molecule is CN(C)C(CNC(=O)c1ccc(-c2nc3ccccc3s2)o1)c1cccc(F)c1. The van der Waals surface area contributed by atoms with Gasteiger partial charge in [0.25, 0.3) is 5.91 Å². The van der Waals surface area contributed by atoms with Crippen LogP contribution in [0.15, 0.2) is 65.1 Å². The summed E-state index contributed by atoms with van der Waals surface area (Å²) in [7, 11) is 3.78. The Hall–Kier alpha value is -3.03. The number of para-hydroxylation sites is 1. The third kappa shape index (κ3) is 4.21. The number of rotatable bonds is 6. The highest BCUT2D eigenvalue weighted by atomic mass is 32.1. The molecule has 2 heterocycles. The van der Waals surface area contributed by atoms with Crippen LogP contribution in [0, 0.1) is 5.82 Å². The number of carbonyl (C=O) groups is 1. The number of fused-ring (bicyclic) bond motifs is 1. The van der Waals surface area contributed by atoms with Crippen molar-refractivity contribution in [3.8, 4) is 10.8 Å². The molecule has 0 fully saturated rings. The van der Waals surface area contributed by atoms with Gasteiger partial charge in [0.1, 0.15) is 5.82 Å². The van der Waals surface area contributed by atoms with Gasteiger partial charge in [0.2, 0.25) is 0 Å². The summed E-state index contributed by atoms with van der Waals surface area (Å²) in [6.45, 7) is 0.326. The molecule has 0 aliphatic carbocycles. The van der Waals surface area contributed by atoms with Crippen molar-refractivity contribution in [1.29, 1.82) is 0 Å². The van der Waals surface area contributed by atoms with Crippen LogP contribution in [-0.2, 0) is 0 Å². The minimum absolute atomic E-state index is 0.159. The molecule has 1 unspecified atom stereocenters. The molecule has 29 heavy (non-hydrogen) atoms. The van der Waals surface area contributed by atoms with Gasteiger partial charge in [-0.1, -0.05) is 24.3 Å². The number of halogens is 1. The molecule has 0 bridgehead atoms. The number of nitrogens with zero attached hydrogens (tertiary/aromatic N) is 2. The van der Waals surface area contributed by atoms with Crippen molar-refractivity contribution in [2.24, 2.45) is 0 Å². The molecule has 0 aliphatic rings. The van der Waals surface area contributed by atoms with Gasteiger partial charge in [-0.15, -0.1) is 11.3 Å². The first-order chi connectivity index (χ1) is 14.0. The molecule has 0 radical (unpaired) electrons. The van der Waals surface area contributed by atoms with E-state index in [1.165, 1.54) is 23.5 Å². The number of carbonyl (C=O) groups excluding carboxylic acids is 1. The largest absolute Gasteiger partial charge is 0.448 e. The van der Waals surface area contributed by atoms with Gasteiger partial charge in [-0.3, -0.25) is 4.79 Å². The van der Waals surface area contributed by atoms with E-state index >= 15 is 0 Å². The fraction of sp³-hybridized carbons (Fsp3) is 0.182. The number of nitrogens with one attached hydrogen (secondary N) is 1. The Bertz CT molecular complexity index is 1120. The van der Waals surface area contributed by atoms with E-state index in [-0.39, 0.29) is 23.5 Å². The Balaban J connectivity index is 1.47. The highest BCUT2D eigenvalue weighted by Crippen LogP contribution is 2.31. The number of hydrogen-bond acceptors (Lipinski definition) is 5. The maximum Gasteiger partial charge on any atom is 0.287 e. The molecule has 0 spiro atoms. The molecule has 5 nitrogen and oxygen atoms in total. The van der Waals surface area contributed by atoms with Crippen LogP contribution in [0.4, 0.5) is 4.39 Å². The minimum atomic E-state index is -0.319. The van der Waals surface area contributed by atoms with Crippen LogP contribution in [0.25, 0.3) is 21.0 Å². The van der Waals surface area contributed by atoms with Crippen LogP contribution in [0.2, 0.25) is 0 Å². The molecule has 4 aromatic rings. The summed E-state index contributed by atoms with van der Waals surface area (Å²) in [6, 6.07) is 17.5. The lowest BCUT2D eigenvalue weighted by molar-refractivity contribution is 0.0915. The van der Waals surface area contributed by atoms with Crippen molar-refractivity contribution in [2.75, 3.05) is 20.6 Å². The second-order valence-electron chi connectivity index (χ2n) is 6.90. The highest BCUT2D eigenvalue weighted by molar-refractivity contribution is 7.21. The van der Waals surface area contributed by atoms with E-state index in [1.54, 1.807) is 18.2 Å². The predicted molar refractivity (Wildman–Crippen MR) is 112 cm³/mol. The van der Waals surface area contributed by atoms with E-state index in [9.17, 15) is 9.18 Å². The Morgan fingerprint density at radius 1 is 1.17 bits per heavy atom. The summed E-state index contributed by atoms with van der Waals surface area (Å²) in [4.78, 5) is 19.1. The molecular weight excluding hydrogens is 389 g/mol. The molecule has 2 aromatic heterocycles. The molecule has 7 heteroatoms. The van der Waals surface area contributed by atoms with Gasteiger partial charge in [-0.25, -0.2) is 9.37 Å². The zero-order valence-corrected chi connectivity index (χ0v) is 16.9. The van der Waals surface area contributed by atoms with Crippen molar-refractivity contribution < 1.29 is 13.6 Å². The van der Waals surface area contributed by atoms with E-state index in [1.807, 2.05) is 49.3 Å². The zero-order chi connectivity index (χ0) is 20.4. The summed E-state index contributed by atoms with van der Waals surface area (Å²) in [5, 5.41) is 3.61. The molecule has 0 saturated heterocycles. The number of furan rings is 1. The summed E-state index contributed by atoms with van der Waals surface area (Å²) in [6.07, 6.45) is 0. The van der Waals surface area contributed by atoms with E-state index in [0.717, 1.165) is 20.8 Å². The van der Waals surface area contributed by atoms with Crippen LogP contribution in [-0.4, -0.2) is 36.4 Å². The van der Waals surface area contributed by atoms with Crippen molar-refractivity contribution in [3.63, 3.8) is 0 Å². The van der Waals surface area contributed by atoms with Crippen LogP contribution in [0.5, 0.6) is 0 Å². The molecule has 148 valence electrons. The third-order valence-corrected chi connectivity index (χ3v) is 5.70. The zero-order valence-electron chi connectivity index (χ0n) is 16.1. The lowest BCUT2D eigenvalue weighted by Gasteiger charge is -2.25. The van der Waals surface area contributed by atoms with Crippen LogP contribution in [0.1, 0.15) is 22.2 Å². The van der Waals surface area contributed by atoms with E-state index < -0.39 is 0 Å². The smallest absolute Gasteiger partial charge is 0.287 e. The number of aromatic nitrogens is 1. The summed E-state index contributed by atoms with van der Waals surface area (Å²) >= 11 is 1.52. The first-order valence-corrected chi connectivity index (χ1v) is 9.99. The van der Waals surface area contributed by atoms with E-state index in [2.05, 4.69) is 10.3 Å². The molecule has 0 saturated carbocycles. The van der Waals surface area contributed by atoms with Crippen molar-refractivity contribution in [1.82, 2.24) is 15.2 Å². The fourth-order valence-corrected chi connectivity index (χ4v) is 4.07. The van der Waals surface area contributed by atoms with Crippen LogP contribution >= 0.6 is 11.3 Å². The van der Waals surface area contributed by atoms with Crippen LogP contribution in [0.3, 0.4) is 0 Å². The second kappa shape index (κ2) is 8.14. The average molecular weight is 409 g/mol. The second-order valence-corrected chi connectivity index (χ2v) is 7.93. The van der Waals surface area contributed by atoms with Gasteiger partial charge in [0, 0.05) is 6.54 Å². The van der Waals surface area contributed by atoms with Gasteiger partial charge in [-0.05, 0) is 56.1 Å². The molecule has 1 amide bonds. The van der Waals surface area contributed by atoms with Gasteiger partial charge in [-0.2, -0.15) is 0 Å². The molecule has 2 aromatic carbocycles. The maximum absolute atomic E-state index is 13.6. The van der Waals surface area contributed by atoms with Crippen molar-refractivity contribution in [3.05, 3.63) is 77.8 Å². The standard InChI is InChI=1S/C22H20FN3O2S/c1-26(2)17(14-6-5-7-15(23)12-14)13-24-21(27)18-10-11-19(28-18)22-25-16-8-3-4-9-20(16)29-22/h3-12,17H,13H2,1-2H3,(H,24,27). The number of likely N-dealkylation sites (N-methyl/N-ethyl adjacent to an activating group) is 1. The van der Waals surface area contributed by atoms with E-state index in [4.69, 9.17) is 4.42 Å². The minimum Gasteiger partial charge on any atom is -0.448 e. The number of amides is 1. The van der Waals surface area contributed by atoms with Crippen molar-refractivity contribution in [2.45, 2.75) is 6.04 Å². The van der Waals surface area contributed by atoms with Gasteiger partial charge in [0.15, 0.2) is 16.5 Å². The lowest BCUT2D eigenvalue weighted by atomic mass is 10.1. The molecular formula is C22H20FN3O2S. The monoisotopic (exact) mass is 409 g/mol. The first-order valence-electron chi connectivity index (χ1n) is 9.17. The summed E-state index contributed by atoms with van der Waals surface area (Å²) in [5.41, 5.74) is 1.70. The van der Waals surface area contributed by atoms with Crippen LogP contribution < -0.4 is 5.32 Å². The van der Waals surface area contributed by atoms with Crippen molar-refractivity contribution >= 4 is 27.5 Å². The average Bonchev–Trinajstić information content (AvgIpc) is 3.35. The molecule has 1 N–H and O–H groups in total. The van der Waals surface area contributed by atoms with Gasteiger partial charge >= 0.3 is 0 Å². The normalized spacial score (nSPS) is 12.4. The maximum atomic E-state index is 13.6. The lowest BCUT2D eigenvalue weighted by Crippen LogP contribution is -2.34. The fourth-order valence-electron chi connectivity index (χ4n) is 3.14. The third-order valence-electron chi connectivity index (χ3n) is 4.65. The summed E-state index contributed by atoms with van der Waals surface area (Å²) < 4.78 is 20.4. The topological polar surface area (TPSA) is 58.4 Å².